The molecule has 0 unspecified atom stereocenters. The van der Waals surface area contributed by atoms with Crippen molar-refractivity contribution in [2.24, 2.45) is 5.73 Å². The Morgan fingerprint density at radius 2 is 2.33 bits per heavy atom. The van der Waals surface area contributed by atoms with Gasteiger partial charge in [-0.1, -0.05) is 0 Å². The van der Waals surface area contributed by atoms with Gasteiger partial charge < -0.3 is 16.0 Å². The van der Waals surface area contributed by atoms with E-state index in [4.69, 9.17) is 5.73 Å². The number of nitrogens with two attached hydrogens (primary N) is 1. The van der Waals surface area contributed by atoms with E-state index in [2.05, 4.69) is 5.32 Å². The van der Waals surface area contributed by atoms with E-state index < -0.39 is 0 Å². The van der Waals surface area contributed by atoms with E-state index in [1.165, 1.54) is 0 Å². The molecule has 0 aromatic heterocycles. The van der Waals surface area contributed by atoms with E-state index in [1.807, 2.05) is 0 Å². The van der Waals surface area contributed by atoms with Crippen molar-refractivity contribution >= 4 is 18.4 Å². The molecule has 72 valence electrons. The lowest BCUT2D eigenvalue weighted by atomic mass is 10.1. The maximum absolute atomic E-state index is 10.7. The number of primary amides is 1. The molecule has 1 aliphatic heterocycles. The Hall–Kier alpha value is -0.480. The molecule has 1 fully saturated rings. The number of urea groups is 1. The molecule has 1 rings (SSSR count). The van der Waals surface area contributed by atoms with Crippen molar-refractivity contribution < 1.29 is 4.79 Å². The number of piperidine rings is 1. The number of hydrogen-bond donors (Lipinski definition) is 2. The minimum Gasteiger partial charge on any atom is -0.351 e. The van der Waals surface area contributed by atoms with E-state index in [1.54, 1.807) is 11.9 Å². The molecule has 0 aromatic carbocycles. The molecule has 1 atom stereocenters. The number of amides is 2. The maximum atomic E-state index is 10.7. The summed E-state index contributed by atoms with van der Waals surface area (Å²) in [5.41, 5.74) is 5.13. The number of halogens is 1. The van der Waals surface area contributed by atoms with Gasteiger partial charge in [0.15, 0.2) is 0 Å². The van der Waals surface area contributed by atoms with Crippen LogP contribution in [0.4, 0.5) is 4.79 Å². The first-order valence-electron chi connectivity index (χ1n) is 3.95. The molecule has 3 N–H and O–H groups in total. The molecular weight excluding hydrogens is 178 g/mol. The summed E-state index contributed by atoms with van der Waals surface area (Å²) in [5.74, 6) is 0. The lowest BCUT2D eigenvalue weighted by Crippen LogP contribution is -2.48. The molecule has 1 aliphatic rings. The van der Waals surface area contributed by atoms with Crippen LogP contribution >= 0.6 is 12.4 Å². The number of rotatable bonds is 1. The summed E-state index contributed by atoms with van der Waals surface area (Å²) >= 11 is 0. The van der Waals surface area contributed by atoms with Gasteiger partial charge in [-0.15, -0.1) is 12.4 Å². The fraction of sp³-hybridized carbons (Fsp3) is 0.857. The molecule has 0 radical (unpaired) electrons. The van der Waals surface area contributed by atoms with E-state index in [0.717, 1.165) is 25.9 Å². The molecular formula is C7H16ClN3O. The predicted molar refractivity (Wildman–Crippen MR) is 50.5 cm³/mol. The average Bonchev–Trinajstić information content (AvgIpc) is 2.05. The normalized spacial score (nSPS) is 22.6. The highest BCUT2D eigenvalue weighted by Gasteiger charge is 2.19. The summed E-state index contributed by atoms with van der Waals surface area (Å²) in [6.07, 6.45) is 2.19. The number of nitrogens with one attached hydrogen (secondary N) is 1. The minimum atomic E-state index is -0.335. The maximum Gasteiger partial charge on any atom is 0.314 e. The lowest BCUT2D eigenvalue weighted by molar-refractivity contribution is 0.187. The van der Waals surface area contributed by atoms with Gasteiger partial charge in [0.05, 0.1) is 0 Å². The molecule has 4 nitrogen and oxygen atoms in total. The van der Waals surface area contributed by atoms with Crippen LogP contribution in [0.15, 0.2) is 0 Å². The SMILES string of the molecule is CN(C(N)=O)[C@H]1CCCNC1.Cl. The second-order valence-corrected chi connectivity index (χ2v) is 2.95. The summed E-state index contributed by atoms with van der Waals surface area (Å²) in [5, 5.41) is 3.22. The van der Waals surface area contributed by atoms with E-state index in [0.29, 0.717) is 6.04 Å². The van der Waals surface area contributed by atoms with Gasteiger partial charge in [0.1, 0.15) is 0 Å². The van der Waals surface area contributed by atoms with E-state index in [9.17, 15) is 4.79 Å². The van der Waals surface area contributed by atoms with Crippen molar-refractivity contribution in [2.75, 3.05) is 20.1 Å². The van der Waals surface area contributed by atoms with Gasteiger partial charge in [-0.05, 0) is 19.4 Å². The number of hydrogen-bond acceptors (Lipinski definition) is 2. The summed E-state index contributed by atoms with van der Waals surface area (Å²) < 4.78 is 0. The van der Waals surface area contributed by atoms with Crippen molar-refractivity contribution in [3.8, 4) is 0 Å². The Bertz CT molecular complexity index is 148. The first-order valence-corrected chi connectivity index (χ1v) is 3.95. The molecule has 1 saturated heterocycles. The van der Waals surface area contributed by atoms with Crippen LogP contribution < -0.4 is 11.1 Å². The zero-order valence-corrected chi connectivity index (χ0v) is 8.06. The Morgan fingerprint density at radius 3 is 2.75 bits per heavy atom. The van der Waals surface area contributed by atoms with Crippen molar-refractivity contribution in [1.29, 1.82) is 0 Å². The summed E-state index contributed by atoms with van der Waals surface area (Å²) in [4.78, 5) is 12.3. The highest BCUT2D eigenvalue weighted by atomic mass is 35.5. The standard InChI is InChI=1S/C7H15N3O.ClH/c1-10(7(8)11)6-3-2-4-9-5-6;/h6,9H,2-5H2,1H3,(H2,8,11);1H/t6-;/m0./s1. The van der Waals surface area contributed by atoms with Gasteiger partial charge >= 0.3 is 6.03 Å². The fourth-order valence-electron chi connectivity index (χ4n) is 1.34. The first-order chi connectivity index (χ1) is 5.22. The third kappa shape index (κ3) is 2.87. The van der Waals surface area contributed by atoms with Gasteiger partial charge in [-0.2, -0.15) is 0 Å². The van der Waals surface area contributed by atoms with Gasteiger partial charge in [-0.25, -0.2) is 4.79 Å². The van der Waals surface area contributed by atoms with Crippen LogP contribution in [0.5, 0.6) is 0 Å². The Balaban J connectivity index is 0.00000121. The van der Waals surface area contributed by atoms with Crippen LogP contribution in [-0.2, 0) is 0 Å². The zero-order valence-electron chi connectivity index (χ0n) is 7.25. The van der Waals surface area contributed by atoms with Crippen molar-refractivity contribution in [1.82, 2.24) is 10.2 Å². The number of likely N-dealkylation sites (N-methyl/N-ethyl adjacent to an activating group) is 1. The largest absolute Gasteiger partial charge is 0.351 e. The Kier molecular flexibility index (Phi) is 5.01. The molecule has 1 heterocycles. The second kappa shape index (κ2) is 5.22. The fourth-order valence-corrected chi connectivity index (χ4v) is 1.34. The van der Waals surface area contributed by atoms with Crippen LogP contribution in [-0.4, -0.2) is 37.1 Å². The Labute approximate surface area is 78.9 Å². The lowest BCUT2D eigenvalue weighted by Gasteiger charge is -2.30. The Morgan fingerprint density at radius 1 is 1.67 bits per heavy atom. The van der Waals surface area contributed by atoms with Gasteiger partial charge in [0.2, 0.25) is 0 Å². The van der Waals surface area contributed by atoms with Crippen LogP contribution in [0.25, 0.3) is 0 Å². The number of nitrogens with zero attached hydrogens (tertiary/aromatic N) is 1. The van der Waals surface area contributed by atoms with Crippen LogP contribution in [0.2, 0.25) is 0 Å². The highest BCUT2D eigenvalue weighted by Crippen LogP contribution is 2.07. The van der Waals surface area contributed by atoms with Crippen LogP contribution in [0, 0.1) is 0 Å². The molecule has 0 saturated carbocycles. The number of carbonyl (C=O) groups excluding carboxylic acids is 1. The van der Waals surface area contributed by atoms with Gasteiger partial charge in [0.25, 0.3) is 0 Å². The van der Waals surface area contributed by atoms with Crippen molar-refractivity contribution in [3.63, 3.8) is 0 Å². The molecule has 12 heavy (non-hydrogen) atoms. The summed E-state index contributed by atoms with van der Waals surface area (Å²) in [6.45, 7) is 1.93. The van der Waals surface area contributed by atoms with Crippen molar-refractivity contribution in [3.05, 3.63) is 0 Å². The zero-order chi connectivity index (χ0) is 8.27. The molecule has 5 heteroatoms. The molecule has 0 spiro atoms. The molecule has 0 aliphatic carbocycles. The summed E-state index contributed by atoms with van der Waals surface area (Å²) in [7, 11) is 1.75. The average molecular weight is 194 g/mol. The smallest absolute Gasteiger partial charge is 0.314 e. The van der Waals surface area contributed by atoms with Gasteiger partial charge in [-0.3, -0.25) is 0 Å². The summed E-state index contributed by atoms with van der Waals surface area (Å²) in [6, 6.07) is -0.0417. The molecule has 0 aromatic rings. The van der Waals surface area contributed by atoms with E-state index in [-0.39, 0.29) is 18.4 Å². The highest BCUT2D eigenvalue weighted by molar-refractivity contribution is 5.85. The molecule has 2 amide bonds. The van der Waals surface area contributed by atoms with Crippen molar-refractivity contribution in [2.45, 2.75) is 18.9 Å². The van der Waals surface area contributed by atoms with Crippen LogP contribution in [0.1, 0.15) is 12.8 Å². The van der Waals surface area contributed by atoms with Gasteiger partial charge in [0, 0.05) is 19.6 Å². The first kappa shape index (κ1) is 11.5. The minimum absolute atomic E-state index is 0. The number of carbonyl (C=O) groups is 1. The second-order valence-electron chi connectivity index (χ2n) is 2.95. The van der Waals surface area contributed by atoms with Crippen LogP contribution in [0.3, 0.4) is 0 Å². The quantitative estimate of drug-likeness (QED) is 0.624. The van der Waals surface area contributed by atoms with E-state index >= 15 is 0 Å². The third-order valence-electron chi connectivity index (χ3n) is 2.17. The molecule has 0 bridgehead atoms. The topological polar surface area (TPSA) is 58.4 Å². The predicted octanol–water partition coefficient (Wildman–Crippen LogP) is 0.171. The third-order valence-corrected chi connectivity index (χ3v) is 2.17. The monoisotopic (exact) mass is 193 g/mol.